The van der Waals surface area contributed by atoms with Crippen LogP contribution in [0.2, 0.25) is 0 Å². The number of hydrogen-bond acceptors (Lipinski definition) is 4. The first-order chi connectivity index (χ1) is 10.8. The third-order valence-electron chi connectivity index (χ3n) is 3.87. The molecule has 22 heavy (non-hydrogen) atoms. The summed E-state index contributed by atoms with van der Waals surface area (Å²) in [4.78, 5) is 8.78. The van der Waals surface area contributed by atoms with E-state index in [2.05, 4.69) is 27.2 Å². The lowest BCUT2D eigenvalue weighted by Crippen LogP contribution is -2.21. The number of hydrogen-bond donors (Lipinski definition) is 1. The highest BCUT2D eigenvalue weighted by Crippen LogP contribution is 2.33. The van der Waals surface area contributed by atoms with Gasteiger partial charge in [0.2, 0.25) is 5.95 Å². The van der Waals surface area contributed by atoms with Crippen LogP contribution in [0.5, 0.6) is 5.75 Å². The zero-order valence-corrected chi connectivity index (χ0v) is 11.8. The second-order valence-electron chi connectivity index (χ2n) is 5.21. The van der Waals surface area contributed by atoms with Gasteiger partial charge in [-0.2, -0.15) is 10.1 Å². The molecule has 3 aromatic rings. The van der Waals surface area contributed by atoms with Gasteiger partial charge in [-0.25, -0.2) is 9.67 Å². The zero-order chi connectivity index (χ0) is 14.9. The predicted molar refractivity (Wildman–Crippen MR) is 83.5 cm³/mol. The number of aliphatic imine (C=N–C) groups is 1. The molecule has 0 unspecified atom stereocenters. The summed E-state index contributed by atoms with van der Waals surface area (Å²) >= 11 is 0. The number of nitrogens with zero attached hydrogens (tertiary/aromatic N) is 4. The van der Waals surface area contributed by atoms with Crippen molar-refractivity contribution in [3.8, 4) is 5.75 Å². The number of aromatic nitrogens is 3. The lowest BCUT2D eigenvalue weighted by Gasteiger charge is -2.24. The molecule has 0 saturated heterocycles. The molecule has 2 aromatic carbocycles. The van der Waals surface area contributed by atoms with Gasteiger partial charge in [-0.05, 0) is 17.7 Å². The third kappa shape index (κ3) is 2.07. The standard InChI is InChI=1S/C17H14N4O/c22-16-9-5-4-8-13(16)14-10-15(12-6-2-1-3-7-12)21-17(20-14)18-11-19-21/h1-9,11,15,22H,10H2/t15-/m0/s1. The summed E-state index contributed by atoms with van der Waals surface area (Å²) in [6.07, 6.45) is 2.18. The van der Waals surface area contributed by atoms with Crippen LogP contribution in [-0.4, -0.2) is 25.6 Å². The van der Waals surface area contributed by atoms with Crippen LogP contribution in [-0.2, 0) is 0 Å². The van der Waals surface area contributed by atoms with E-state index in [9.17, 15) is 5.11 Å². The lowest BCUT2D eigenvalue weighted by atomic mass is 9.96. The maximum atomic E-state index is 10.1. The largest absolute Gasteiger partial charge is 0.507 e. The van der Waals surface area contributed by atoms with Crippen LogP contribution in [0, 0.1) is 0 Å². The van der Waals surface area contributed by atoms with Crippen LogP contribution in [0.25, 0.3) is 0 Å². The number of phenols is 1. The second-order valence-corrected chi connectivity index (χ2v) is 5.21. The molecule has 108 valence electrons. The van der Waals surface area contributed by atoms with Crippen LogP contribution < -0.4 is 0 Å². The summed E-state index contributed by atoms with van der Waals surface area (Å²) in [7, 11) is 0. The summed E-state index contributed by atoms with van der Waals surface area (Å²) in [6.45, 7) is 0. The van der Waals surface area contributed by atoms with Crippen molar-refractivity contribution in [3.05, 3.63) is 72.1 Å². The predicted octanol–water partition coefficient (Wildman–Crippen LogP) is 3.10. The van der Waals surface area contributed by atoms with E-state index >= 15 is 0 Å². The number of aromatic hydroxyl groups is 1. The molecule has 5 nitrogen and oxygen atoms in total. The molecular weight excluding hydrogens is 276 g/mol. The van der Waals surface area contributed by atoms with Crippen molar-refractivity contribution in [1.82, 2.24) is 14.8 Å². The molecule has 0 amide bonds. The summed E-state index contributed by atoms with van der Waals surface area (Å²) in [5.74, 6) is 0.805. The number of para-hydroxylation sites is 1. The van der Waals surface area contributed by atoms with E-state index in [1.54, 1.807) is 12.1 Å². The zero-order valence-electron chi connectivity index (χ0n) is 11.8. The van der Waals surface area contributed by atoms with Crippen LogP contribution >= 0.6 is 0 Å². The van der Waals surface area contributed by atoms with E-state index in [4.69, 9.17) is 0 Å². The molecule has 1 aliphatic heterocycles. The Labute approximate surface area is 127 Å². The van der Waals surface area contributed by atoms with Crippen LogP contribution in [0.15, 0.2) is 65.9 Å². The molecule has 0 spiro atoms. The fourth-order valence-corrected chi connectivity index (χ4v) is 2.80. The van der Waals surface area contributed by atoms with Gasteiger partial charge < -0.3 is 5.11 Å². The smallest absolute Gasteiger partial charge is 0.248 e. The van der Waals surface area contributed by atoms with Crippen LogP contribution in [0.1, 0.15) is 23.6 Å². The van der Waals surface area contributed by atoms with E-state index in [1.807, 2.05) is 35.0 Å². The summed E-state index contributed by atoms with van der Waals surface area (Å²) < 4.78 is 1.83. The molecule has 1 aliphatic rings. The molecule has 4 rings (SSSR count). The number of phenolic OH excluding ortho intramolecular Hbond substituents is 1. The van der Waals surface area contributed by atoms with Gasteiger partial charge in [-0.3, -0.25) is 0 Å². The maximum absolute atomic E-state index is 10.1. The fourth-order valence-electron chi connectivity index (χ4n) is 2.80. The van der Waals surface area contributed by atoms with E-state index < -0.39 is 0 Å². The van der Waals surface area contributed by atoms with Crippen molar-refractivity contribution in [3.63, 3.8) is 0 Å². The molecule has 1 atom stereocenters. The Morgan fingerprint density at radius 2 is 1.77 bits per heavy atom. The van der Waals surface area contributed by atoms with Crippen molar-refractivity contribution in [2.75, 3.05) is 0 Å². The Morgan fingerprint density at radius 3 is 2.59 bits per heavy atom. The molecular formula is C17H14N4O. The average molecular weight is 290 g/mol. The van der Waals surface area contributed by atoms with Gasteiger partial charge in [0.25, 0.3) is 0 Å². The van der Waals surface area contributed by atoms with Gasteiger partial charge in [0.1, 0.15) is 12.1 Å². The number of fused-ring (bicyclic) bond motifs is 1. The Balaban J connectivity index is 1.83. The van der Waals surface area contributed by atoms with Gasteiger partial charge >= 0.3 is 0 Å². The Hall–Kier alpha value is -2.95. The normalized spacial score (nSPS) is 16.9. The highest BCUT2D eigenvalue weighted by Gasteiger charge is 2.26. The van der Waals surface area contributed by atoms with Crippen molar-refractivity contribution in [1.29, 1.82) is 0 Å². The summed E-state index contributed by atoms with van der Waals surface area (Å²) in [5.41, 5.74) is 2.72. The van der Waals surface area contributed by atoms with Crippen molar-refractivity contribution in [2.45, 2.75) is 12.5 Å². The van der Waals surface area contributed by atoms with E-state index in [0.717, 1.165) is 16.8 Å². The van der Waals surface area contributed by atoms with E-state index in [1.165, 1.54) is 6.33 Å². The molecule has 0 bridgehead atoms. The van der Waals surface area contributed by atoms with Gasteiger partial charge in [-0.15, -0.1) is 0 Å². The molecule has 0 aliphatic carbocycles. The molecule has 1 aromatic heterocycles. The van der Waals surface area contributed by atoms with Crippen molar-refractivity contribution in [2.24, 2.45) is 4.99 Å². The number of rotatable bonds is 2. The lowest BCUT2D eigenvalue weighted by molar-refractivity contribution is 0.472. The maximum Gasteiger partial charge on any atom is 0.248 e. The first-order valence-electron chi connectivity index (χ1n) is 7.13. The Kier molecular flexibility index (Phi) is 2.96. The first-order valence-corrected chi connectivity index (χ1v) is 7.13. The van der Waals surface area contributed by atoms with Gasteiger partial charge in [0.15, 0.2) is 0 Å². The SMILES string of the molecule is Oc1ccccc1C1=Nc2ncnn2[C@H](c2ccccc2)C1. The minimum absolute atomic E-state index is 0.0332. The summed E-state index contributed by atoms with van der Waals surface area (Å²) in [5, 5.41) is 14.4. The van der Waals surface area contributed by atoms with Crippen LogP contribution in [0.3, 0.4) is 0 Å². The molecule has 5 heteroatoms. The summed E-state index contributed by atoms with van der Waals surface area (Å²) in [6, 6.07) is 17.4. The first kappa shape index (κ1) is 12.8. The highest BCUT2D eigenvalue weighted by molar-refractivity contribution is 6.04. The van der Waals surface area contributed by atoms with Gasteiger partial charge in [0, 0.05) is 12.0 Å². The quantitative estimate of drug-likeness (QED) is 0.788. The van der Waals surface area contributed by atoms with Crippen LogP contribution in [0.4, 0.5) is 5.95 Å². The Morgan fingerprint density at radius 1 is 1.00 bits per heavy atom. The topological polar surface area (TPSA) is 63.3 Å². The minimum atomic E-state index is 0.0332. The van der Waals surface area contributed by atoms with Crippen molar-refractivity contribution >= 4 is 11.7 Å². The minimum Gasteiger partial charge on any atom is -0.507 e. The number of benzene rings is 2. The molecule has 2 heterocycles. The second kappa shape index (κ2) is 5.11. The third-order valence-corrected chi connectivity index (χ3v) is 3.87. The molecule has 0 fully saturated rings. The fraction of sp³-hybridized carbons (Fsp3) is 0.118. The van der Waals surface area contributed by atoms with Gasteiger partial charge in [-0.1, -0.05) is 42.5 Å². The molecule has 1 N–H and O–H groups in total. The molecule has 0 radical (unpaired) electrons. The van der Waals surface area contributed by atoms with Gasteiger partial charge in [0.05, 0.1) is 11.8 Å². The molecule has 0 saturated carbocycles. The average Bonchev–Trinajstić information content (AvgIpc) is 3.03. The van der Waals surface area contributed by atoms with E-state index in [-0.39, 0.29) is 11.8 Å². The van der Waals surface area contributed by atoms with Crippen molar-refractivity contribution < 1.29 is 5.11 Å². The Bertz CT molecular complexity index is 839. The van der Waals surface area contributed by atoms with E-state index in [0.29, 0.717) is 12.4 Å². The monoisotopic (exact) mass is 290 g/mol. The highest BCUT2D eigenvalue weighted by atomic mass is 16.3.